The predicted octanol–water partition coefficient (Wildman–Crippen LogP) is 12.0. The zero-order chi connectivity index (χ0) is 43.3. The molecule has 306 valence electrons. The standard InChI is InChI=1S/C53H47N8O.Zn/c1-51(2,3)32-17-21-36-40(25-32)49-57-44(36)55-47-39-24-30(13-10-29-11-14-31(28-62)15-12-29)16-20-35(39)43(54-47)56-48-41-26-33(52(4,5)6)18-22-37(41)45(58-48)60-50-42-27-34(53(7,8)9)19-23-38(42)46(59-49)61-50;/h10-28H,1-9H3,(H-,54,55,56,57,58,59,60,61,62);/q-1;+2/p-1. The summed E-state index contributed by atoms with van der Waals surface area (Å²) < 4.78 is 0. The first-order valence-corrected chi connectivity index (χ1v) is 21.0. The molecule has 2 aliphatic rings. The number of aldehydes is 1. The number of fused-ring (bicyclic) bond motifs is 20. The van der Waals surface area contributed by atoms with Gasteiger partial charge in [0.15, 0.2) is 0 Å². The van der Waals surface area contributed by atoms with Gasteiger partial charge in [-0.1, -0.05) is 147 Å². The topological polar surface area (TPSA) is 123 Å². The molecule has 0 N–H and O–H groups in total. The van der Waals surface area contributed by atoms with Gasteiger partial charge in [-0.25, -0.2) is 9.97 Å². The van der Waals surface area contributed by atoms with Crippen LogP contribution >= 0.6 is 0 Å². The summed E-state index contributed by atoms with van der Waals surface area (Å²) in [6, 6.07) is 33.0. The Labute approximate surface area is 379 Å². The summed E-state index contributed by atoms with van der Waals surface area (Å²) >= 11 is 0. The van der Waals surface area contributed by atoms with Crippen LogP contribution < -0.4 is 9.97 Å². The first kappa shape index (κ1) is 41.8. The number of hydrogen-bond donors (Lipinski definition) is 0. The third-order valence-corrected chi connectivity index (χ3v) is 11.9. The van der Waals surface area contributed by atoms with Gasteiger partial charge in [0, 0.05) is 50.4 Å². The van der Waals surface area contributed by atoms with Gasteiger partial charge in [0.2, 0.25) is 0 Å². The third-order valence-electron chi connectivity index (χ3n) is 11.9. The second kappa shape index (κ2) is 15.1. The van der Waals surface area contributed by atoms with E-state index in [2.05, 4.69) is 129 Å². The molecule has 0 unspecified atom stereocenters. The van der Waals surface area contributed by atoms with E-state index in [1.165, 1.54) is 5.56 Å². The maximum Gasteiger partial charge on any atom is 2.00 e. The molecular formula is C53H46N8OZn. The van der Waals surface area contributed by atoms with Crippen LogP contribution in [0.1, 0.15) is 100 Å². The van der Waals surface area contributed by atoms with Crippen molar-refractivity contribution < 1.29 is 24.3 Å². The van der Waals surface area contributed by atoms with Gasteiger partial charge in [0.05, 0.1) is 23.3 Å². The summed E-state index contributed by atoms with van der Waals surface area (Å²) in [5, 5.41) is 3.44. The van der Waals surface area contributed by atoms with Crippen LogP contribution in [0, 0.1) is 0 Å². The van der Waals surface area contributed by atoms with Crippen LogP contribution in [0.15, 0.2) is 97.1 Å². The number of carbonyl (C=O) groups excluding carboxylic acids is 1. The number of benzene rings is 5. The molecule has 5 heterocycles. The van der Waals surface area contributed by atoms with E-state index in [9.17, 15) is 4.79 Å². The third kappa shape index (κ3) is 7.61. The Balaban J connectivity index is 0.00000504. The van der Waals surface area contributed by atoms with Crippen molar-refractivity contribution in [2.75, 3.05) is 0 Å². The molecule has 0 radical (unpaired) electrons. The quantitative estimate of drug-likeness (QED) is 0.0969. The minimum Gasteiger partial charge on any atom is -0.357 e. The van der Waals surface area contributed by atoms with Gasteiger partial charge in [0.25, 0.3) is 0 Å². The van der Waals surface area contributed by atoms with E-state index in [0.29, 0.717) is 51.4 Å². The zero-order valence-corrected chi connectivity index (χ0v) is 40.1. The molecular weight excluding hydrogens is 830 g/mol. The number of hydrogen-bond acceptors (Lipinski definition) is 7. The van der Waals surface area contributed by atoms with Gasteiger partial charge in [-0.05, 0) is 89.9 Å². The Morgan fingerprint density at radius 1 is 0.381 bits per heavy atom. The maximum absolute atomic E-state index is 11.2. The number of nitrogens with zero attached hydrogens (tertiary/aromatic N) is 8. The van der Waals surface area contributed by atoms with Gasteiger partial charge in [-0.15, -0.1) is 0 Å². The van der Waals surface area contributed by atoms with Crippen LogP contribution in [0.2, 0.25) is 0 Å². The molecule has 0 saturated carbocycles. The molecule has 8 bridgehead atoms. The molecule has 2 aliphatic heterocycles. The van der Waals surface area contributed by atoms with E-state index >= 15 is 0 Å². The molecule has 5 aromatic carbocycles. The zero-order valence-electron chi connectivity index (χ0n) is 37.2. The van der Waals surface area contributed by atoms with Crippen molar-refractivity contribution in [2.24, 2.45) is 0 Å². The van der Waals surface area contributed by atoms with Crippen molar-refractivity contribution in [3.63, 3.8) is 0 Å². The molecule has 10 rings (SSSR count). The first-order chi connectivity index (χ1) is 29.5. The summed E-state index contributed by atoms with van der Waals surface area (Å²) in [4.78, 5) is 52.9. The van der Waals surface area contributed by atoms with E-state index in [1.807, 2.05) is 42.5 Å². The SMILES string of the molecule is CC(C)(C)c1ccc2c(c1)-c1nc-2nc2[n-]c(nc3nc(nc4[n-]c(n1)c1ccc(/C=C/c5ccc(C=O)cc5)cc41)-c1ccc(C(C)(C)C)cc1-3)c1ccc(C(C)(C)C)cc21.[Zn+2]. The summed E-state index contributed by atoms with van der Waals surface area (Å²) in [7, 11) is 0. The molecule has 0 saturated heterocycles. The Kier molecular flexibility index (Phi) is 10.0. The van der Waals surface area contributed by atoms with Crippen molar-refractivity contribution in [2.45, 2.75) is 78.6 Å². The van der Waals surface area contributed by atoms with Gasteiger partial charge < -0.3 is 29.9 Å². The van der Waals surface area contributed by atoms with Crippen molar-refractivity contribution in [1.82, 2.24) is 39.9 Å². The Bertz CT molecular complexity index is 3350. The summed E-state index contributed by atoms with van der Waals surface area (Å²) in [6.45, 7) is 19.8. The largest absolute Gasteiger partial charge is 2.00 e. The van der Waals surface area contributed by atoms with E-state index in [-0.39, 0.29) is 35.7 Å². The maximum atomic E-state index is 11.2. The van der Waals surface area contributed by atoms with Crippen molar-refractivity contribution >= 4 is 62.6 Å². The normalized spacial score (nSPS) is 12.7. The van der Waals surface area contributed by atoms with Crippen molar-refractivity contribution in [1.29, 1.82) is 0 Å². The number of carbonyl (C=O) groups is 1. The second-order valence-corrected chi connectivity index (χ2v) is 19.4. The molecule has 0 aliphatic carbocycles. The first-order valence-electron chi connectivity index (χ1n) is 21.0. The van der Waals surface area contributed by atoms with Crippen LogP contribution in [0.4, 0.5) is 0 Å². The minimum atomic E-state index is -0.113. The van der Waals surface area contributed by atoms with Gasteiger partial charge in [-0.3, -0.25) is 4.79 Å². The van der Waals surface area contributed by atoms with Crippen LogP contribution in [-0.2, 0) is 35.7 Å². The summed E-state index contributed by atoms with van der Waals surface area (Å²) in [5.74, 6) is 2.09. The van der Waals surface area contributed by atoms with E-state index < -0.39 is 0 Å². The molecule has 0 fully saturated rings. The van der Waals surface area contributed by atoms with Crippen molar-refractivity contribution in [3.8, 4) is 45.6 Å². The molecule has 0 spiro atoms. The fraction of sp³-hybridized carbons (Fsp3) is 0.226. The minimum absolute atomic E-state index is 0. The van der Waals surface area contributed by atoms with Gasteiger partial charge in [0.1, 0.15) is 6.29 Å². The Hall–Kier alpha value is -6.51. The molecule has 9 nitrogen and oxygen atoms in total. The smallest absolute Gasteiger partial charge is 0.357 e. The van der Waals surface area contributed by atoms with Crippen LogP contribution in [0.5, 0.6) is 0 Å². The molecule has 8 aromatic rings. The summed E-state index contributed by atoms with van der Waals surface area (Å²) in [5.41, 5.74) is 11.3. The number of aromatic nitrogens is 8. The van der Waals surface area contributed by atoms with Gasteiger partial charge >= 0.3 is 19.5 Å². The van der Waals surface area contributed by atoms with Crippen molar-refractivity contribution in [3.05, 3.63) is 130 Å². The molecule has 0 atom stereocenters. The predicted molar refractivity (Wildman–Crippen MR) is 251 cm³/mol. The van der Waals surface area contributed by atoms with E-state index in [4.69, 9.17) is 39.9 Å². The number of rotatable bonds is 3. The molecule has 10 heteroatoms. The molecule has 3 aromatic heterocycles. The van der Waals surface area contributed by atoms with E-state index in [1.54, 1.807) is 0 Å². The average Bonchev–Trinajstić information content (AvgIpc) is 3.96. The molecule has 63 heavy (non-hydrogen) atoms. The monoisotopic (exact) mass is 874 g/mol. The average molecular weight is 876 g/mol. The Morgan fingerprint density at radius 2 is 0.746 bits per heavy atom. The fourth-order valence-electron chi connectivity index (χ4n) is 8.06. The van der Waals surface area contributed by atoms with Crippen LogP contribution in [0.25, 0.3) is 102 Å². The fourth-order valence-corrected chi connectivity index (χ4v) is 8.06. The van der Waals surface area contributed by atoms with Gasteiger partial charge in [-0.2, -0.15) is 0 Å². The Morgan fingerprint density at radius 3 is 1.22 bits per heavy atom. The van der Waals surface area contributed by atoms with Crippen LogP contribution in [0.3, 0.4) is 0 Å². The summed E-state index contributed by atoms with van der Waals surface area (Å²) in [6.07, 6.45) is 4.92. The van der Waals surface area contributed by atoms with Crippen LogP contribution in [-0.4, -0.2) is 36.2 Å². The van der Waals surface area contributed by atoms with E-state index in [0.717, 1.165) is 72.3 Å². The molecule has 0 amide bonds. The second-order valence-electron chi connectivity index (χ2n) is 19.4.